The summed E-state index contributed by atoms with van der Waals surface area (Å²) in [5, 5.41) is 5.94. The fourth-order valence-corrected chi connectivity index (χ4v) is 1.82. The van der Waals surface area contributed by atoms with Crippen molar-refractivity contribution in [1.82, 2.24) is 0 Å². The van der Waals surface area contributed by atoms with Gasteiger partial charge in [0, 0.05) is 16.8 Å². The van der Waals surface area contributed by atoms with E-state index in [1.54, 1.807) is 31.2 Å². The molecule has 0 radical (unpaired) electrons. The van der Waals surface area contributed by atoms with Crippen molar-refractivity contribution >= 4 is 28.9 Å². The Bertz CT molecular complexity index is 647. The summed E-state index contributed by atoms with van der Waals surface area (Å²) in [4.78, 5) is 12.0. The Labute approximate surface area is 125 Å². The molecule has 1 unspecified atom stereocenters. The van der Waals surface area contributed by atoms with Gasteiger partial charge in [-0.3, -0.25) is 4.79 Å². The molecule has 2 N–H and O–H groups in total. The highest BCUT2D eigenvalue weighted by molar-refractivity contribution is 6.30. The van der Waals surface area contributed by atoms with Gasteiger partial charge >= 0.3 is 0 Å². The van der Waals surface area contributed by atoms with Crippen LogP contribution in [-0.4, -0.2) is 11.9 Å². The molecule has 6 heteroatoms. The molecule has 110 valence electrons. The summed E-state index contributed by atoms with van der Waals surface area (Å²) < 4.78 is 26.2. The quantitative estimate of drug-likeness (QED) is 0.894. The van der Waals surface area contributed by atoms with E-state index < -0.39 is 23.6 Å². The monoisotopic (exact) mass is 310 g/mol. The summed E-state index contributed by atoms with van der Waals surface area (Å²) in [6.45, 7) is 1.63. The summed E-state index contributed by atoms with van der Waals surface area (Å²) in [6, 6.07) is 9.20. The summed E-state index contributed by atoms with van der Waals surface area (Å²) in [5.41, 5.74) is 0.646. The number of carbonyl (C=O) groups is 1. The molecular weight excluding hydrogens is 298 g/mol. The maximum absolute atomic E-state index is 13.5. The first-order valence-corrected chi connectivity index (χ1v) is 6.61. The minimum atomic E-state index is -0.818. The topological polar surface area (TPSA) is 41.1 Å². The Kier molecular flexibility index (Phi) is 4.75. The molecule has 0 saturated heterocycles. The standard InChI is InChI=1S/C15H13ClF2N2O/c1-9(19-12-5-2-10(16)3-6-12)15(21)20-14-7-4-11(17)8-13(14)18/h2-9,19H,1H3,(H,20,21). The van der Waals surface area contributed by atoms with Crippen molar-refractivity contribution < 1.29 is 13.6 Å². The van der Waals surface area contributed by atoms with Gasteiger partial charge in [-0.2, -0.15) is 0 Å². The molecule has 2 rings (SSSR count). The van der Waals surface area contributed by atoms with Crippen LogP contribution in [0.5, 0.6) is 0 Å². The van der Waals surface area contributed by atoms with Crippen molar-refractivity contribution in [2.75, 3.05) is 10.6 Å². The van der Waals surface area contributed by atoms with Gasteiger partial charge in [0.05, 0.1) is 5.69 Å². The van der Waals surface area contributed by atoms with Gasteiger partial charge in [-0.1, -0.05) is 11.6 Å². The van der Waals surface area contributed by atoms with Crippen LogP contribution in [0, 0.1) is 11.6 Å². The Hall–Kier alpha value is -2.14. The molecule has 1 amide bonds. The molecule has 0 heterocycles. The molecule has 0 saturated carbocycles. The number of carbonyl (C=O) groups excluding carboxylic acids is 1. The van der Waals surface area contributed by atoms with Gasteiger partial charge in [0.25, 0.3) is 0 Å². The normalized spacial score (nSPS) is 11.8. The first kappa shape index (κ1) is 15.3. The van der Waals surface area contributed by atoms with Crippen LogP contribution in [0.15, 0.2) is 42.5 Å². The van der Waals surface area contributed by atoms with Crippen LogP contribution >= 0.6 is 11.6 Å². The van der Waals surface area contributed by atoms with Crippen LogP contribution in [0.4, 0.5) is 20.2 Å². The van der Waals surface area contributed by atoms with E-state index in [1.165, 1.54) is 6.07 Å². The second-order valence-corrected chi connectivity index (χ2v) is 4.92. The molecule has 2 aromatic carbocycles. The molecule has 1 atom stereocenters. The van der Waals surface area contributed by atoms with E-state index in [2.05, 4.69) is 10.6 Å². The van der Waals surface area contributed by atoms with Gasteiger partial charge in [0.1, 0.15) is 17.7 Å². The van der Waals surface area contributed by atoms with E-state index in [-0.39, 0.29) is 5.69 Å². The zero-order valence-electron chi connectivity index (χ0n) is 11.2. The average molecular weight is 311 g/mol. The summed E-state index contributed by atoms with van der Waals surface area (Å²) in [6.07, 6.45) is 0. The highest BCUT2D eigenvalue weighted by Gasteiger charge is 2.15. The van der Waals surface area contributed by atoms with E-state index in [4.69, 9.17) is 11.6 Å². The molecule has 0 aliphatic heterocycles. The van der Waals surface area contributed by atoms with Crippen LogP contribution in [0.2, 0.25) is 5.02 Å². The van der Waals surface area contributed by atoms with Gasteiger partial charge in [0.15, 0.2) is 0 Å². The van der Waals surface area contributed by atoms with Crippen LogP contribution in [0.1, 0.15) is 6.92 Å². The number of benzene rings is 2. The number of rotatable bonds is 4. The SMILES string of the molecule is CC(Nc1ccc(Cl)cc1)C(=O)Nc1ccc(F)cc1F. The number of nitrogens with one attached hydrogen (secondary N) is 2. The minimum Gasteiger partial charge on any atom is -0.374 e. The zero-order chi connectivity index (χ0) is 15.4. The van der Waals surface area contributed by atoms with E-state index in [0.717, 1.165) is 6.07 Å². The van der Waals surface area contributed by atoms with Crippen LogP contribution in [-0.2, 0) is 4.79 Å². The third-order valence-corrected chi connectivity index (χ3v) is 3.06. The number of halogens is 3. The van der Waals surface area contributed by atoms with Crippen molar-refractivity contribution in [2.24, 2.45) is 0 Å². The Balaban J connectivity index is 2.00. The summed E-state index contributed by atoms with van der Waals surface area (Å²) in [5.74, 6) is -1.95. The van der Waals surface area contributed by atoms with Crippen molar-refractivity contribution in [2.45, 2.75) is 13.0 Å². The van der Waals surface area contributed by atoms with E-state index in [9.17, 15) is 13.6 Å². The highest BCUT2D eigenvalue weighted by atomic mass is 35.5. The fraction of sp³-hybridized carbons (Fsp3) is 0.133. The molecule has 2 aromatic rings. The second kappa shape index (κ2) is 6.54. The smallest absolute Gasteiger partial charge is 0.246 e. The fourth-order valence-electron chi connectivity index (χ4n) is 1.69. The van der Waals surface area contributed by atoms with Gasteiger partial charge in [-0.05, 0) is 43.3 Å². The summed E-state index contributed by atoms with van der Waals surface area (Å²) in [7, 11) is 0. The van der Waals surface area contributed by atoms with Crippen LogP contribution in [0.3, 0.4) is 0 Å². The van der Waals surface area contributed by atoms with Crippen molar-refractivity contribution in [3.8, 4) is 0 Å². The number of hydrogen-bond donors (Lipinski definition) is 2. The number of anilines is 2. The summed E-state index contributed by atoms with van der Waals surface area (Å²) >= 11 is 5.77. The van der Waals surface area contributed by atoms with Crippen LogP contribution in [0.25, 0.3) is 0 Å². The predicted molar refractivity (Wildman–Crippen MR) is 79.5 cm³/mol. The number of hydrogen-bond acceptors (Lipinski definition) is 2. The Morgan fingerprint density at radius 1 is 1.14 bits per heavy atom. The Morgan fingerprint density at radius 3 is 2.43 bits per heavy atom. The lowest BCUT2D eigenvalue weighted by atomic mass is 10.2. The Morgan fingerprint density at radius 2 is 1.81 bits per heavy atom. The van der Waals surface area contributed by atoms with E-state index >= 15 is 0 Å². The first-order chi connectivity index (χ1) is 9.95. The van der Waals surface area contributed by atoms with Crippen molar-refractivity contribution in [1.29, 1.82) is 0 Å². The van der Waals surface area contributed by atoms with Gasteiger partial charge in [-0.25, -0.2) is 8.78 Å². The molecule has 21 heavy (non-hydrogen) atoms. The maximum atomic E-state index is 13.5. The molecule has 0 spiro atoms. The molecule has 0 fully saturated rings. The van der Waals surface area contributed by atoms with E-state index in [1.807, 2.05) is 0 Å². The van der Waals surface area contributed by atoms with Gasteiger partial charge in [0.2, 0.25) is 5.91 Å². The highest BCUT2D eigenvalue weighted by Crippen LogP contribution is 2.17. The zero-order valence-corrected chi connectivity index (χ0v) is 11.9. The molecular formula is C15H13ClF2N2O. The molecule has 0 aliphatic rings. The van der Waals surface area contributed by atoms with Crippen molar-refractivity contribution in [3.63, 3.8) is 0 Å². The lowest BCUT2D eigenvalue weighted by Gasteiger charge is -2.15. The van der Waals surface area contributed by atoms with Gasteiger partial charge in [-0.15, -0.1) is 0 Å². The third-order valence-electron chi connectivity index (χ3n) is 2.81. The number of amides is 1. The first-order valence-electron chi connectivity index (χ1n) is 6.24. The largest absolute Gasteiger partial charge is 0.374 e. The predicted octanol–water partition coefficient (Wildman–Crippen LogP) is 4.06. The second-order valence-electron chi connectivity index (χ2n) is 4.49. The lowest BCUT2D eigenvalue weighted by molar-refractivity contribution is -0.116. The molecule has 0 bridgehead atoms. The van der Waals surface area contributed by atoms with Crippen molar-refractivity contribution in [3.05, 3.63) is 59.1 Å². The average Bonchev–Trinajstić information content (AvgIpc) is 2.44. The molecule has 3 nitrogen and oxygen atoms in total. The molecule has 0 aromatic heterocycles. The minimum absolute atomic E-state index is 0.0637. The molecule has 0 aliphatic carbocycles. The lowest BCUT2D eigenvalue weighted by Crippen LogP contribution is -2.32. The third kappa shape index (κ3) is 4.16. The van der Waals surface area contributed by atoms with Crippen LogP contribution < -0.4 is 10.6 Å². The van der Waals surface area contributed by atoms with E-state index in [0.29, 0.717) is 16.8 Å². The maximum Gasteiger partial charge on any atom is 0.246 e. The van der Waals surface area contributed by atoms with Gasteiger partial charge < -0.3 is 10.6 Å².